The summed E-state index contributed by atoms with van der Waals surface area (Å²) < 4.78 is 30.4. The van der Waals surface area contributed by atoms with Gasteiger partial charge in [-0.05, 0) is 0 Å². The largest absolute Gasteiger partial charge is 0.394 e. The van der Waals surface area contributed by atoms with Crippen LogP contribution in [0.5, 0.6) is 0 Å². The lowest BCUT2D eigenvalue weighted by Gasteiger charge is -2.25. The van der Waals surface area contributed by atoms with Gasteiger partial charge in [0.15, 0.2) is 0 Å². The van der Waals surface area contributed by atoms with Crippen LogP contribution in [0, 0.1) is 0 Å². The molecule has 0 aromatic rings. The molecule has 10 heteroatoms. The van der Waals surface area contributed by atoms with Crippen molar-refractivity contribution in [2.45, 2.75) is 24.4 Å². The zero-order chi connectivity index (χ0) is 12.9. The van der Waals surface area contributed by atoms with Crippen molar-refractivity contribution in [3.05, 3.63) is 0 Å². The van der Waals surface area contributed by atoms with Crippen LogP contribution in [0.15, 0.2) is 0 Å². The maximum absolute atomic E-state index is 10.4. The Balaban J connectivity index is 4.65. The van der Waals surface area contributed by atoms with Crippen molar-refractivity contribution in [3.63, 3.8) is 0 Å². The molecule has 4 atom stereocenters. The molecular formula is C6H13NO8S. The Morgan fingerprint density at radius 1 is 1.19 bits per heavy atom. The van der Waals surface area contributed by atoms with E-state index in [0.29, 0.717) is 0 Å². The molecule has 0 aliphatic rings. The SMILES string of the molecule is O=C[C@@H](NS(=O)(=O)O)[C@H](O)[C@@H](O)[C@@H](O)CO. The predicted molar refractivity (Wildman–Crippen MR) is 49.6 cm³/mol. The van der Waals surface area contributed by atoms with Gasteiger partial charge in [-0.2, -0.15) is 13.1 Å². The molecule has 96 valence electrons. The Kier molecular flexibility index (Phi) is 5.96. The van der Waals surface area contributed by atoms with Crippen LogP contribution >= 0.6 is 0 Å². The van der Waals surface area contributed by atoms with Gasteiger partial charge in [0.1, 0.15) is 30.6 Å². The van der Waals surface area contributed by atoms with Crippen molar-refractivity contribution in [1.82, 2.24) is 4.72 Å². The van der Waals surface area contributed by atoms with Gasteiger partial charge in [0.05, 0.1) is 6.61 Å². The molecule has 0 spiro atoms. The maximum Gasteiger partial charge on any atom is 0.334 e. The standard InChI is InChI=1S/C6H13NO8S/c8-1-3(7-16(13,14)15)5(11)6(12)4(10)2-9/h1,3-7,9-12H,2H2,(H,13,14,15)/t3-,4+,5+,6+/m1/s1. The second-order valence-corrected chi connectivity index (χ2v) is 4.17. The van der Waals surface area contributed by atoms with Crippen LogP contribution in [-0.2, 0) is 15.1 Å². The third kappa shape index (κ3) is 4.94. The summed E-state index contributed by atoms with van der Waals surface area (Å²) in [7, 11) is -4.74. The molecule has 6 N–H and O–H groups in total. The van der Waals surface area contributed by atoms with E-state index < -0.39 is 41.3 Å². The van der Waals surface area contributed by atoms with Gasteiger partial charge < -0.3 is 25.2 Å². The van der Waals surface area contributed by atoms with Crippen molar-refractivity contribution in [3.8, 4) is 0 Å². The highest BCUT2D eigenvalue weighted by atomic mass is 32.2. The number of rotatable bonds is 7. The molecule has 0 unspecified atom stereocenters. The fourth-order valence-electron chi connectivity index (χ4n) is 0.898. The van der Waals surface area contributed by atoms with E-state index >= 15 is 0 Å². The van der Waals surface area contributed by atoms with Gasteiger partial charge in [-0.15, -0.1) is 0 Å². The van der Waals surface area contributed by atoms with Gasteiger partial charge in [-0.3, -0.25) is 4.55 Å². The summed E-state index contributed by atoms with van der Waals surface area (Å²) in [6.45, 7) is -0.893. The predicted octanol–water partition coefficient (Wildman–Crippen LogP) is -3.98. The molecule has 0 fully saturated rings. The van der Waals surface area contributed by atoms with E-state index in [1.54, 1.807) is 0 Å². The smallest absolute Gasteiger partial charge is 0.334 e. The van der Waals surface area contributed by atoms with E-state index in [9.17, 15) is 18.3 Å². The minimum atomic E-state index is -4.74. The molecule has 0 amide bonds. The molecule has 0 saturated carbocycles. The second kappa shape index (κ2) is 6.20. The number of hydrogen-bond donors (Lipinski definition) is 6. The third-order valence-electron chi connectivity index (χ3n) is 1.73. The van der Waals surface area contributed by atoms with E-state index in [0.717, 1.165) is 0 Å². The zero-order valence-electron chi connectivity index (χ0n) is 7.96. The molecular weight excluding hydrogens is 246 g/mol. The molecule has 0 radical (unpaired) electrons. The monoisotopic (exact) mass is 259 g/mol. The van der Waals surface area contributed by atoms with Gasteiger partial charge in [0.25, 0.3) is 0 Å². The van der Waals surface area contributed by atoms with Crippen molar-refractivity contribution < 1.29 is 38.2 Å². The number of aliphatic hydroxyl groups excluding tert-OH is 4. The maximum atomic E-state index is 10.4. The molecule has 0 heterocycles. The van der Waals surface area contributed by atoms with Crippen LogP contribution in [0.4, 0.5) is 0 Å². The zero-order valence-corrected chi connectivity index (χ0v) is 8.78. The highest BCUT2D eigenvalue weighted by Crippen LogP contribution is 2.04. The van der Waals surface area contributed by atoms with Crippen LogP contribution in [0.25, 0.3) is 0 Å². The third-order valence-corrected chi connectivity index (χ3v) is 2.30. The quantitative estimate of drug-likeness (QED) is 0.199. The summed E-state index contributed by atoms with van der Waals surface area (Å²) in [5, 5.41) is 35.8. The van der Waals surface area contributed by atoms with Crippen LogP contribution in [0.1, 0.15) is 0 Å². The van der Waals surface area contributed by atoms with Crippen molar-refractivity contribution in [2.75, 3.05) is 6.61 Å². The fourth-order valence-corrected chi connectivity index (χ4v) is 1.44. The Labute approximate surface area is 91.2 Å². The van der Waals surface area contributed by atoms with Crippen molar-refractivity contribution in [1.29, 1.82) is 0 Å². The first kappa shape index (κ1) is 15.4. The topological polar surface area (TPSA) is 164 Å². The van der Waals surface area contributed by atoms with Crippen LogP contribution in [-0.4, -0.2) is 70.6 Å². The normalized spacial score (nSPS) is 19.8. The van der Waals surface area contributed by atoms with Crippen LogP contribution in [0.2, 0.25) is 0 Å². The molecule has 0 aliphatic heterocycles. The molecule has 0 bridgehead atoms. The van der Waals surface area contributed by atoms with Gasteiger partial charge in [0.2, 0.25) is 0 Å². The molecule has 0 rings (SSSR count). The summed E-state index contributed by atoms with van der Waals surface area (Å²) in [4.78, 5) is 10.4. The molecule has 0 aromatic heterocycles. The molecule has 16 heavy (non-hydrogen) atoms. The second-order valence-electron chi connectivity index (χ2n) is 2.99. The van der Waals surface area contributed by atoms with E-state index in [2.05, 4.69) is 0 Å². The Hall–Kier alpha value is -0.620. The minimum Gasteiger partial charge on any atom is -0.394 e. The Morgan fingerprint density at radius 3 is 2.00 bits per heavy atom. The number of nitrogens with one attached hydrogen (secondary N) is 1. The Morgan fingerprint density at radius 2 is 1.69 bits per heavy atom. The number of carbonyl (C=O) groups is 1. The first-order chi connectivity index (χ1) is 7.22. The molecule has 0 saturated heterocycles. The van der Waals surface area contributed by atoms with Gasteiger partial charge >= 0.3 is 10.3 Å². The highest BCUT2D eigenvalue weighted by Gasteiger charge is 2.32. The lowest BCUT2D eigenvalue weighted by molar-refractivity contribution is -0.119. The van der Waals surface area contributed by atoms with Crippen molar-refractivity contribution in [2.24, 2.45) is 0 Å². The van der Waals surface area contributed by atoms with Gasteiger partial charge in [0, 0.05) is 0 Å². The Bertz CT molecular complexity index is 316. The number of hydrogen-bond acceptors (Lipinski definition) is 7. The first-order valence-corrected chi connectivity index (χ1v) is 5.52. The number of carbonyl (C=O) groups excluding carboxylic acids is 1. The average Bonchev–Trinajstić information content (AvgIpc) is 2.21. The van der Waals surface area contributed by atoms with Crippen LogP contribution < -0.4 is 4.72 Å². The summed E-state index contributed by atoms with van der Waals surface area (Å²) in [6.07, 6.45) is -5.79. The highest BCUT2D eigenvalue weighted by molar-refractivity contribution is 7.83. The van der Waals surface area contributed by atoms with Gasteiger partial charge in [-0.25, -0.2) is 0 Å². The van der Waals surface area contributed by atoms with Crippen LogP contribution in [0.3, 0.4) is 0 Å². The fraction of sp³-hybridized carbons (Fsp3) is 0.833. The number of aliphatic hydroxyl groups is 4. The summed E-state index contributed by atoms with van der Waals surface area (Å²) >= 11 is 0. The summed E-state index contributed by atoms with van der Waals surface area (Å²) in [6, 6.07) is -1.84. The summed E-state index contributed by atoms with van der Waals surface area (Å²) in [5.41, 5.74) is 0. The van der Waals surface area contributed by atoms with Crippen molar-refractivity contribution >= 4 is 16.6 Å². The van der Waals surface area contributed by atoms with Gasteiger partial charge in [-0.1, -0.05) is 0 Å². The van der Waals surface area contributed by atoms with E-state index in [1.807, 2.05) is 0 Å². The first-order valence-electron chi connectivity index (χ1n) is 4.08. The minimum absolute atomic E-state index is 0.0776. The molecule has 0 aromatic carbocycles. The van der Waals surface area contributed by atoms with E-state index in [4.69, 9.17) is 19.9 Å². The summed E-state index contributed by atoms with van der Waals surface area (Å²) in [5.74, 6) is 0. The van der Waals surface area contributed by atoms with E-state index in [1.165, 1.54) is 4.72 Å². The lowest BCUT2D eigenvalue weighted by Crippen LogP contribution is -2.53. The number of aldehydes is 1. The molecule has 0 aliphatic carbocycles. The average molecular weight is 259 g/mol. The van der Waals surface area contributed by atoms with E-state index in [-0.39, 0.29) is 6.29 Å². The lowest BCUT2D eigenvalue weighted by atomic mass is 10.0. The molecule has 9 nitrogen and oxygen atoms in total.